The van der Waals surface area contributed by atoms with Gasteiger partial charge in [0.05, 0.1) is 11.7 Å². The number of hydrogen-bond acceptors (Lipinski definition) is 3. The van der Waals surface area contributed by atoms with Gasteiger partial charge in [0.25, 0.3) is 0 Å². The summed E-state index contributed by atoms with van der Waals surface area (Å²) in [5.74, 6) is 0. The maximum absolute atomic E-state index is 5.64. The number of azo groups is 1. The van der Waals surface area contributed by atoms with Gasteiger partial charge in [-0.3, -0.25) is 0 Å². The first kappa shape index (κ1) is 13.9. The SMILES string of the molecule is CO[C@@H](C1=Cc2ccccc2[C@H](C)N=N1)C(C)(C)C. The highest BCUT2D eigenvalue weighted by Gasteiger charge is 2.29. The summed E-state index contributed by atoms with van der Waals surface area (Å²) in [7, 11) is 1.73. The van der Waals surface area contributed by atoms with Gasteiger partial charge in [0.15, 0.2) is 0 Å². The Morgan fingerprint density at radius 2 is 1.89 bits per heavy atom. The summed E-state index contributed by atoms with van der Waals surface area (Å²) in [4.78, 5) is 0. The smallest absolute Gasteiger partial charge is 0.106 e. The lowest BCUT2D eigenvalue weighted by atomic mass is 9.86. The molecule has 3 nitrogen and oxygen atoms in total. The molecule has 1 aromatic carbocycles. The minimum Gasteiger partial charge on any atom is -0.375 e. The third-order valence-corrected chi connectivity index (χ3v) is 3.39. The predicted octanol–water partition coefficient (Wildman–Crippen LogP) is 4.62. The van der Waals surface area contributed by atoms with Gasteiger partial charge in [0, 0.05) is 7.11 Å². The van der Waals surface area contributed by atoms with E-state index in [9.17, 15) is 0 Å². The van der Waals surface area contributed by atoms with Gasteiger partial charge in [-0.15, -0.1) is 0 Å². The fourth-order valence-corrected chi connectivity index (χ4v) is 2.47. The second-order valence-electron chi connectivity index (χ2n) is 6.07. The van der Waals surface area contributed by atoms with Gasteiger partial charge in [0.2, 0.25) is 0 Å². The Labute approximate surface area is 115 Å². The van der Waals surface area contributed by atoms with Crippen molar-refractivity contribution in [2.24, 2.45) is 15.6 Å². The van der Waals surface area contributed by atoms with Crippen LogP contribution in [0.2, 0.25) is 0 Å². The Balaban J connectivity index is 2.48. The molecule has 0 bridgehead atoms. The predicted molar refractivity (Wildman–Crippen MR) is 77.9 cm³/mol. The number of nitrogens with zero attached hydrogens (tertiary/aromatic N) is 2. The molecule has 19 heavy (non-hydrogen) atoms. The normalized spacial score (nSPS) is 20.5. The molecular formula is C16H22N2O. The Kier molecular flexibility index (Phi) is 3.85. The molecular weight excluding hydrogens is 236 g/mol. The van der Waals surface area contributed by atoms with Gasteiger partial charge < -0.3 is 4.74 Å². The third-order valence-electron chi connectivity index (χ3n) is 3.39. The van der Waals surface area contributed by atoms with E-state index in [0.29, 0.717) is 0 Å². The van der Waals surface area contributed by atoms with Gasteiger partial charge >= 0.3 is 0 Å². The molecule has 2 rings (SSSR count). The van der Waals surface area contributed by atoms with E-state index in [4.69, 9.17) is 4.74 Å². The Morgan fingerprint density at radius 1 is 1.21 bits per heavy atom. The Bertz CT molecular complexity index is 512. The topological polar surface area (TPSA) is 34.0 Å². The quantitative estimate of drug-likeness (QED) is 0.762. The molecule has 0 amide bonds. The number of rotatable bonds is 2. The average Bonchev–Trinajstić information content (AvgIpc) is 2.49. The van der Waals surface area contributed by atoms with E-state index in [2.05, 4.69) is 56.1 Å². The van der Waals surface area contributed by atoms with E-state index >= 15 is 0 Å². The number of ether oxygens (including phenoxy) is 1. The molecule has 0 fully saturated rings. The van der Waals surface area contributed by atoms with Crippen molar-refractivity contribution in [3.8, 4) is 0 Å². The summed E-state index contributed by atoms with van der Waals surface area (Å²) in [6, 6.07) is 8.39. The maximum atomic E-state index is 5.64. The van der Waals surface area contributed by atoms with Gasteiger partial charge in [-0.1, -0.05) is 45.0 Å². The van der Waals surface area contributed by atoms with Crippen LogP contribution in [-0.2, 0) is 4.74 Å². The first-order valence-electron chi connectivity index (χ1n) is 6.67. The highest BCUT2D eigenvalue weighted by Crippen LogP contribution is 2.34. The van der Waals surface area contributed by atoms with Crippen LogP contribution in [0.4, 0.5) is 0 Å². The van der Waals surface area contributed by atoms with Crippen molar-refractivity contribution >= 4 is 6.08 Å². The molecule has 0 unspecified atom stereocenters. The lowest BCUT2D eigenvalue weighted by molar-refractivity contribution is 0.0438. The van der Waals surface area contributed by atoms with Crippen LogP contribution < -0.4 is 0 Å². The second kappa shape index (κ2) is 5.25. The number of hydrogen-bond donors (Lipinski definition) is 0. The van der Waals surface area contributed by atoms with Crippen LogP contribution in [0.3, 0.4) is 0 Å². The molecule has 0 aromatic heterocycles. The van der Waals surface area contributed by atoms with Crippen molar-refractivity contribution < 1.29 is 4.74 Å². The van der Waals surface area contributed by atoms with Crippen LogP contribution in [-0.4, -0.2) is 13.2 Å². The van der Waals surface area contributed by atoms with Crippen LogP contribution in [0.25, 0.3) is 6.08 Å². The molecule has 0 saturated heterocycles. The molecule has 102 valence electrons. The fraction of sp³-hybridized carbons (Fsp3) is 0.500. The zero-order valence-electron chi connectivity index (χ0n) is 12.3. The van der Waals surface area contributed by atoms with Gasteiger partial charge in [-0.05, 0) is 29.5 Å². The zero-order valence-corrected chi connectivity index (χ0v) is 12.3. The van der Waals surface area contributed by atoms with Crippen LogP contribution in [0.1, 0.15) is 44.9 Å². The monoisotopic (exact) mass is 258 g/mol. The van der Waals surface area contributed by atoms with Crippen molar-refractivity contribution in [2.45, 2.75) is 39.8 Å². The number of fused-ring (bicyclic) bond motifs is 1. The summed E-state index contributed by atoms with van der Waals surface area (Å²) >= 11 is 0. The van der Waals surface area contributed by atoms with Crippen LogP contribution >= 0.6 is 0 Å². The third kappa shape index (κ3) is 2.92. The zero-order chi connectivity index (χ0) is 14.0. The summed E-state index contributed by atoms with van der Waals surface area (Å²) in [6.07, 6.45) is 2.04. The highest BCUT2D eigenvalue weighted by atomic mass is 16.5. The largest absolute Gasteiger partial charge is 0.375 e. The van der Waals surface area contributed by atoms with Crippen molar-refractivity contribution in [3.63, 3.8) is 0 Å². The van der Waals surface area contributed by atoms with Crippen LogP contribution in [0.15, 0.2) is 40.2 Å². The Morgan fingerprint density at radius 3 is 2.53 bits per heavy atom. The van der Waals surface area contributed by atoms with E-state index in [-0.39, 0.29) is 17.6 Å². The van der Waals surface area contributed by atoms with Crippen molar-refractivity contribution in [2.75, 3.05) is 7.11 Å². The molecule has 1 aliphatic rings. The molecule has 0 N–H and O–H groups in total. The number of methoxy groups -OCH3 is 1. The molecule has 0 radical (unpaired) electrons. The standard InChI is InChI=1S/C16H22N2O/c1-11-13-9-7-6-8-12(13)10-14(18-17-11)15(19-5)16(2,3)4/h6-11,15H,1-5H3/t11-,15-/m0/s1. The average molecular weight is 258 g/mol. The molecule has 3 heteroatoms. The van der Waals surface area contributed by atoms with Gasteiger partial charge in [0.1, 0.15) is 6.10 Å². The molecule has 2 atom stereocenters. The summed E-state index contributed by atoms with van der Waals surface area (Å²) in [6.45, 7) is 8.52. The van der Waals surface area contributed by atoms with Crippen LogP contribution in [0, 0.1) is 5.41 Å². The summed E-state index contributed by atoms with van der Waals surface area (Å²) in [5, 5.41) is 8.82. The molecule has 0 saturated carbocycles. The number of benzene rings is 1. The first-order valence-corrected chi connectivity index (χ1v) is 6.67. The maximum Gasteiger partial charge on any atom is 0.106 e. The lowest BCUT2D eigenvalue weighted by Crippen LogP contribution is -2.29. The van der Waals surface area contributed by atoms with E-state index in [0.717, 1.165) is 5.70 Å². The molecule has 1 aliphatic heterocycles. The lowest BCUT2D eigenvalue weighted by Gasteiger charge is -2.29. The summed E-state index contributed by atoms with van der Waals surface area (Å²) in [5.41, 5.74) is 3.28. The van der Waals surface area contributed by atoms with Gasteiger partial charge in [-0.2, -0.15) is 10.2 Å². The molecule has 1 aromatic rings. The van der Waals surface area contributed by atoms with E-state index < -0.39 is 0 Å². The minimum atomic E-state index is -0.0605. The van der Waals surface area contributed by atoms with E-state index in [1.165, 1.54) is 11.1 Å². The van der Waals surface area contributed by atoms with E-state index in [1.807, 2.05) is 12.1 Å². The molecule has 0 aliphatic carbocycles. The van der Waals surface area contributed by atoms with Crippen molar-refractivity contribution in [1.29, 1.82) is 0 Å². The fourth-order valence-electron chi connectivity index (χ4n) is 2.47. The molecule has 0 spiro atoms. The van der Waals surface area contributed by atoms with Crippen molar-refractivity contribution in [1.82, 2.24) is 0 Å². The first-order chi connectivity index (χ1) is 8.93. The summed E-state index contributed by atoms with van der Waals surface area (Å²) < 4.78 is 5.64. The van der Waals surface area contributed by atoms with E-state index in [1.54, 1.807) is 7.11 Å². The van der Waals surface area contributed by atoms with Crippen LogP contribution in [0.5, 0.6) is 0 Å². The van der Waals surface area contributed by atoms with Gasteiger partial charge in [-0.25, -0.2) is 0 Å². The highest BCUT2D eigenvalue weighted by molar-refractivity contribution is 5.59. The van der Waals surface area contributed by atoms with Crippen molar-refractivity contribution in [3.05, 3.63) is 41.1 Å². The second-order valence-corrected chi connectivity index (χ2v) is 6.07. The molecule has 1 heterocycles. The Hall–Kier alpha value is -1.48. The minimum absolute atomic E-state index is 0.0118.